The molecule has 8 heteroatoms. The fourth-order valence-electron chi connectivity index (χ4n) is 5.10. The van der Waals surface area contributed by atoms with E-state index >= 15 is 0 Å². The van der Waals surface area contributed by atoms with Crippen molar-refractivity contribution in [1.29, 1.82) is 0 Å². The van der Waals surface area contributed by atoms with Gasteiger partial charge in [-0.1, -0.05) is 24.3 Å². The van der Waals surface area contributed by atoms with Crippen LogP contribution < -0.4 is 10.1 Å². The van der Waals surface area contributed by atoms with Crippen molar-refractivity contribution in [2.45, 2.75) is 18.8 Å². The van der Waals surface area contributed by atoms with Gasteiger partial charge in [-0.3, -0.25) is 9.59 Å². The number of hydrogen-bond acceptors (Lipinski definition) is 5. The number of rotatable bonds is 7. The van der Waals surface area contributed by atoms with Crippen LogP contribution in [0.3, 0.4) is 0 Å². The van der Waals surface area contributed by atoms with Crippen molar-refractivity contribution in [3.8, 4) is 5.75 Å². The lowest BCUT2D eigenvalue weighted by atomic mass is 9.89. The molecule has 1 saturated heterocycles. The number of aromatic nitrogens is 1. The minimum absolute atomic E-state index is 0.0838. The Morgan fingerprint density at radius 1 is 0.923 bits per heavy atom. The molecule has 0 unspecified atom stereocenters. The van der Waals surface area contributed by atoms with E-state index in [-0.39, 0.29) is 18.4 Å². The number of esters is 1. The second-order valence-electron chi connectivity index (χ2n) is 9.71. The summed E-state index contributed by atoms with van der Waals surface area (Å²) in [4.78, 5) is 39.1. The van der Waals surface area contributed by atoms with Gasteiger partial charge in [-0.25, -0.2) is 4.79 Å². The van der Waals surface area contributed by atoms with E-state index in [0.717, 1.165) is 29.3 Å². The number of amides is 2. The maximum atomic E-state index is 13.3. The number of piperidine rings is 1. The Morgan fingerprint density at radius 2 is 1.64 bits per heavy atom. The van der Waals surface area contributed by atoms with E-state index in [1.807, 2.05) is 71.2 Å². The summed E-state index contributed by atoms with van der Waals surface area (Å²) < 4.78 is 12.2. The number of carbonyl (C=O) groups excluding carboxylic acids is 3. The third kappa shape index (κ3) is 5.80. The molecule has 0 spiro atoms. The summed E-state index contributed by atoms with van der Waals surface area (Å²) in [6.45, 7) is 1.27. The third-order valence-corrected chi connectivity index (χ3v) is 7.22. The van der Waals surface area contributed by atoms with E-state index in [1.165, 1.54) is 12.7 Å². The zero-order valence-corrected chi connectivity index (χ0v) is 22.1. The highest BCUT2D eigenvalue weighted by Gasteiger charge is 2.26. The molecule has 0 aliphatic carbocycles. The molecule has 1 aliphatic heterocycles. The highest BCUT2D eigenvalue weighted by atomic mass is 16.5. The van der Waals surface area contributed by atoms with E-state index in [2.05, 4.69) is 10.1 Å². The Balaban J connectivity index is 1.11. The molecule has 0 radical (unpaired) electrons. The first-order valence-corrected chi connectivity index (χ1v) is 13.0. The molecule has 0 bridgehead atoms. The van der Waals surface area contributed by atoms with E-state index in [9.17, 15) is 14.4 Å². The summed E-state index contributed by atoms with van der Waals surface area (Å²) in [6, 6.07) is 22.2. The summed E-state index contributed by atoms with van der Waals surface area (Å²) in [7, 11) is 3.29. The molecule has 8 nitrogen and oxygen atoms in total. The van der Waals surface area contributed by atoms with Crippen LogP contribution in [0.15, 0.2) is 79.0 Å². The lowest BCUT2D eigenvalue weighted by Crippen LogP contribution is -2.38. The highest BCUT2D eigenvalue weighted by Crippen LogP contribution is 2.30. The summed E-state index contributed by atoms with van der Waals surface area (Å²) in [6.07, 6.45) is 3.77. The van der Waals surface area contributed by atoms with Gasteiger partial charge in [0.15, 0.2) is 6.61 Å². The first-order chi connectivity index (χ1) is 18.9. The predicted octanol–water partition coefficient (Wildman–Crippen LogP) is 5.00. The second-order valence-corrected chi connectivity index (χ2v) is 9.71. The number of likely N-dealkylation sites (tertiary alicyclic amines) is 1. The van der Waals surface area contributed by atoms with Crippen LogP contribution in [0.1, 0.15) is 45.0 Å². The number of methoxy groups -OCH3 is 1. The molecule has 1 N–H and O–H groups in total. The van der Waals surface area contributed by atoms with Crippen LogP contribution in [-0.4, -0.2) is 54.1 Å². The average molecular weight is 526 g/mol. The molecule has 2 heterocycles. The lowest BCUT2D eigenvalue weighted by molar-refractivity contribution is -0.118. The zero-order valence-electron chi connectivity index (χ0n) is 22.1. The minimum atomic E-state index is -0.428. The molecule has 0 saturated carbocycles. The monoisotopic (exact) mass is 525 g/mol. The fraction of sp³-hybridized carbons (Fsp3) is 0.258. The Kier molecular flexibility index (Phi) is 7.63. The summed E-state index contributed by atoms with van der Waals surface area (Å²) in [5.74, 6) is 0.224. The number of hydrogen-bond donors (Lipinski definition) is 1. The molecule has 2 amide bonds. The molecule has 4 aromatic rings. The van der Waals surface area contributed by atoms with Gasteiger partial charge in [0.1, 0.15) is 5.75 Å². The molecule has 5 rings (SSSR count). The number of para-hydroxylation sites is 1. The SMILES string of the molecule is COC(=O)c1ccc(OCC(=O)Nc2ccc(C3CCN(C(=O)c4cccc5ccn(C)c45)CC3)cc2)cc1. The second kappa shape index (κ2) is 11.4. The van der Waals surface area contributed by atoms with Crippen molar-refractivity contribution in [2.24, 2.45) is 7.05 Å². The van der Waals surface area contributed by atoms with Gasteiger partial charge in [-0.05, 0) is 72.9 Å². The van der Waals surface area contributed by atoms with Crippen LogP contribution in [0.2, 0.25) is 0 Å². The smallest absolute Gasteiger partial charge is 0.337 e. The van der Waals surface area contributed by atoms with Crippen LogP contribution in [0.4, 0.5) is 5.69 Å². The molecule has 1 fully saturated rings. The first kappa shape index (κ1) is 26.0. The van der Waals surface area contributed by atoms with Crippen LogP contribution in [0, 0.1) is 0 Å². The van der Waals surface area contributed by atoms with Gasteiger partial charge >= 0.3 is 5.97 Å². The van der Waals surface area contributed by atoms with Crippen LogP contribution in [0.5, 0.6) is 5.75 Å². The number of aryl methyl sites for hydroxylation is 1. The van der Waals surface area contributed by atoms with Gasteiger partial charge in [0.2, 0.25) is 0 Å². The van der Waals surface area contributed by atoms with Crippen LogP contribution in [0.25, 0.3) is 10.9 Å². The molecule has 3 aromatic carbocycles. The van der Waals surface area contributed by atoms with Crippen molar-refractivity contribution in [2.75, 3.05) is 32.1 Å². The molecule has 200 valence electrons. The van der Waals surface area contributed by atoms with Gasteiger partial charge in [0, 0.05) is 37.4 Å². The maximum Gasteiger partial charge on any atom is 0.337 e. The minimum Gasteiger partial charge on any atom is -0.484 e. The number of anilines is 1. The van der Waals surface area contributed by atoms with Gasteiger partial charge < -0.3 is 24.3 Å². The molecule has 1 aromatic heterocycles. The molecule has 39 heavy (non-hydrogen) atoms. The first-order valence-electron chi connectivity index (χ1n) is 13.0. The molecular formula is C31H31N3O5. The van der Waals surface area contributed by atoms with E-state index < -0.39 is 5.97 Å². The van der Waals surface area contributed by atoms with E-state index in [0.29, 0.717) is 36.0 Å². The van der Waals surface area contributed by atoms with Gasteiger partial charge in [0.25, 0.3) is 11.8 Å². The van der Waals surface area contributed by atoms with E-state index in [1.54, 1.807) is 24.3 Å². The van der Waals surface area contributed by atoms with Gasteiger partial charge in [-0.15, -0.1) is 0 Å². The molecule has 0 atom stereocenters. The number of fused-ring (bicyclic) bond motifs is 1. The number of nitrogens with one attached hydrogen (secondary N) is 1. The Labute approximate surface area is 227 Å². The lowest BCUT2D eigenvalue weighted by Gasteiger charge is -2.32. The topological polar surface area (TPSA) is 89.9 Å². The fourth-order valence-corrected chi connectivity index (χ4v) is 5.10. The van der Waals surface area contributed by atoms with Crippen LogP contribution in [-0.2, 0) is 16.6 Å². The Morgan fingerprint density at radius 3 is 2.33 bits per heavy atom. The number of carbonyl (C=O) groups is 3. The highest BCUT2D eigenvalue weighted by molar-refractivity contribution is 6.06. The van der Waals surface area contributed by atoms with Crippen LogP contribution >= 0.6 is 0 Å². The third-order valence-electron chi connectivity index (χ3n) is 7.22. The average Bonchev–Trinajstić information content (AvgIpc) is 3.37. The Bertz CT molecular complexity index is 1480. The number of ether oxygens (including phenoxy) is 2. The normalized spacial score (nSPS) is 13.7. The standard InChI is InChI=1S/C31H31N3O5/c1-33-17-14-23-4-3-5-27(29(23)33)30(36)34-18-15-22(16-19-34)21-6-10-25(11-7-21)32-28(35)20-39-26-12-8-24(9-13-26)31(37)38-2/h3-14,17,22H,15-16,18-20H2,1-2H3,(H,32,35). The number of nitrogens with zero attached hydrogens (tertiary/aromatic N) is 2. The van der Waals surface area contributed by atoms with E-state index in [4.69, 9.17) is 4.74 Å². The summed E-state index contributed by atoms with van der Waals surface area (Å²) >= 11 is 0. The number of benzene rings is 3. The summed E-state index contributed by atoms with van der Waals surface area (Å²) in [5.41, 5.74) is 4.03. The molecular weight excluding hydrogens is 494 g/mol. The van der Waals surface area contributed by atoms with Crippen molar-refractivity contribution < 1.29 is 23.9 Å². The predicted molar refractivity (Wildman–Crippen MR) is 149 cm³/mol. The quantitative estimate of drug-likeness (QED) is 0.343. The van der Waals surface area contributed by atoms with Crippen molar-refractivity contribution in [3.63, 3.8) is 0 Å². The largest absolute Gasteiger partial charge is 0.484 e. The molecule has 1 aliphatic rings. The summed E-state index contributed by atoms with van der Waals surface area (Å²) in [5, 5.41) is 3.92. The van der Waals surface area contributed by atoms with Crippen molar-refractivity contribution in [3.05, 3.63) is 95.7 Å². The Hall–Kier alpha value is -4.59. The van der Waals surface area contributed by atoms with Crippen molar-refractivity contribution >= 4 is 34.4 Å². The zero-order chi connectivity index (χ0) is 27.4. The van der Waals surface area contributed by atoms with Gasteiger partial charge in [-0.2, -0.15) is 0 Å². The van der Waals surface area contributed by atoms with Gasteiger partial charge in [0.05, 0.1) is 23.8 Å². The van der Waals surface area contributed by atoms with Crippen molar-refractivity contribution in [1.82, 2.24) is 9.47 Å². The maximum absolute atomic E-state index is 13.3.